The lowest BCUT2D eigenvalue weighted by molar-refractivity contribution is 0.0945. The van der Waals surface area contributed by atoms with Crippen LogP contribution < -0.4 is 5.32 Å². The first kappa shape index (κ1) is 15.6. The van der Waals surface area contributed by atoms with E-state index in [4.69, 9.17) is 0 Å². The molecule has 0 saturated carbocycles. The van der Waals surface area contributed by atoms with Gasteiger partial charge >= 0.3 is 0 Å². The second-order valence-corrected chi connectivity index (χ2v) is 4.76. The smallest absolute Gasteiger partial charge is 0.251 e. The minimum Gasteiger partial charge on any atom is -0.352 e. The summed E-state index contributed by atoms with van der Waals surface area (Å²) >= 11 is 0. The number of carbonyl (C=O) groups is 1. The first-order valence-corrected chi connectivity index (χ1v) is 6.81. The molecule has 0 aliphatic carbocycles. The van der Waals surface area contributed by atoms with Gasteiger partial charge in [0.05, 0.1) is 0 Å². The Kier molecular flexibility index (Phi) is 6.46. The number of hydrogen-bond donors (Lipinski definition) is 1. The lowest BCUT2D eigenvalue weighted by Crippen LogP contribution is -2.29. The quantitative estimate of drug-likeness (QED) is 0.799. The van der Waals surface area contributed by atoms with Crippen LogP contribution in [0.15, 0.2) is 18.2 Å². The summed E-state index contributed by atoms with van der Waals surface area (Å²) in [5, 5.41) is 2.78. The highest BCUT2D eigenvalue weighted by Crippen LogP contribution is 2.12. The van der Waals surface area contributed by atoms with Crippen molar-refractivity contribution in [3.8, 4) is 0 Å². The maximum Gasteiger partial charge on any atom is 0.251 e. The molecule has 1 N–H and O–H groups in total. The average molecular weight is 269 g/mol. The lowest BCUT2D eigenvalue weighted by atomic mass is 9.99. The standard InChI is InChI=1S/C15H21F2NO/c1-3-5-6-11(4-2)10-18-15(19)12-7-8-13(16)14(17)9-12/h7-9,11H,3-6,10H2,1-2H3,(H,18,19). The van der Waals surface area contributed by atoms with Gasteiger partial charge in [-0.3, -0.25) is 4.79 Å². The van der Waals surface area contributed by atoms with Crippen molar-refractivity contribution in [3.63, 3.8) is 0 Å². The van der Waals surface area contributed by atoms with Gasteiger partial charge in [0.15, 0.2) is 11.6 Å². The third-order valence-corrected chi connectivity index (χ3v) is 3.28. The molecule has 0 aliphatic heterocycles. The first-order valence-electron chi connectivity index (χ1n) is 6.81. The van der Waals surface area contributed by atoms with E-state index in [1.807, 2.05) is 0 Å². The largest absolute Gasteiger partial charge is 0.352 e. The third-order valence-electron chi connectivity index (χ3n) is 3.28. The number of rotatable bonds is 7. The molecule has 0 spiro atoms. The van der Waals surface area contributed by atoms with Gasteiger partial charge in [-0.05, 0) is 30.5 Å². The molecule has 1 amide bonds. The Balaban J connectivity index is 2.52. The van der Waals surface area contributed by atoms with Crippen molar-refractivity contribution in [2.24, 2.45) is 5.92 Å². The van der Waals surface area contributed by atoms with E-state index >= 15 is 0 Å². The van der Waals surface area contributed by atoms with Gasteiger partial charge in [0.1, 0.15) is 0 Å². The molecule has 0 aromatic heterocycles. The van der Waals surface area contributed by atoms with Crippen molar-refractivity contribution in [1.29, 1.82) is 0 Å². The first-order chi connectivity index (χ1) is 9.08. The van der Waals surface area contributed by atoms with Crippen molar-refractivity contribution in [2.75, 3.05) is 6.54 Å². The van der Waals surface area contributed by atoms with Crippen LogP contribution in [0, 0.1) is 17.6 Å². The van der Waals surface area contributed by atoms with Crippen LogP contribution >= 0.6 is 0 Å². The van der Waals surface area contributed by atoms with Crippen LogP contribution in [0.5, 0.6) is 0 Å². The highest BCUT2D eigenvalue weighted by molar-refractivity contribution is 5.94. The fourth-order valence-corrected chi connectivity index (χ4v) is 1.92. The molecule has 19 heavy (non-hydrogen) atoms. The number of halogens is 2. The van der Waals surface area contributed by atoms with E-state index in [2.05, 4.69) is 19.2 Å². The Morgan fingerprint density at radius 2 is 2.00 bits per heavy atom. The molecule has 0 radical (unpaired) electrons. The molecular formula is C15H21F2NO. The molecule has 4 heteroatoms. The van der Waals surface area contributed by atoms with Crippen molar-refractivity contribution < 1.29 is 13.6 Å². The molecule has 0 heterocycles. The van der Waals surface area contributed by atoms with Crippen LogP contribution in [0.3, 0.4) is 0 Å². The Morgan fingerprint density at radius 1 is 1.26 bits per heavy atom. The Morgan fingerprint density at radius 3 is 2.58 bits per heavy atom. The van der Waals surface area contributed by atoms with Gasteiger partial charge in [0.2, 0.25) is 0 Å². The van der Waals surface area contributed by atoms with E-state index in [-0.39, 0.29) is 11.5 Å². The highest BCUT2D eigenvalue weighted by atomic mass is 19.2. The number of benzene rings is 1. The number of amides is 1. The summed E-state index contributed by atoms with van der Waals surface area (Å²) in [4.78, 5) is 11.8. The van der Waals surface area contributed by atoms with Crippen LogP contribution in [-0.4, -0.2) is 12.5 Å². The topological polar surface area (TPSA) is 29.1 Å². The third kappa shape index (κ3) is 4.97. The molecule has 106 valence electrons. The summed E-state index contributed by atoms with van der Waals surface area (Å²) in [6.45, 7) is 4.80. The van der Waals surface area contributed by atoms with Gasteiger partial charge < -0.3 is 5.32 Å². The number of unbranched alkanes of at least 4 members (excludes halogenated alkanes) is 1. The summed E-state index contributed by atoms with van der Waals surface area (Å²) in [6.07, 6.45) is 4.34. The van der Waals surface area contributed by atoms with Crippen molar-refractivity contribution in [1.82, 2.24) is 5.32 Å². The van der Waals surface area contributed by atoms with E-state index in [1.54, 1.807) is 0 Å². The zero-order chi connectivity index (χ0) is 14.3. The summed E-state index contributed by atoms with van der Waals surface area (Å²) in [5.74, 6) is -1.85. The van der Waals surface area contributed by atoms with Crippen LogP contribution in [0.4, 0.5) is 8.78 Å². The molecule has 0 bridgehead atoms. The molecular weight excluding hydrogens is 248 g/mol. The minimum atomic E-state index is -0.995. The fraction of sp³-hybridized carbons (Fsp3) is 0.533. The Bertz CT molecular complexity index is 421. The van der Waals surface area contributed by atoms with Gasteiger partial charge in [0, 0.05) is 12.1 Å². The zero-order valence-electron chi connectivity index (χ0n) is 11.5. The Hall–Kier alpha value is -1.45. The highest BCUT2D eigenvalue weighted by Gasteiger charge is 2.12. The summed E-state index contributed by atoms with van der Waals surface area (Å²) in [7, 11) is 0. The summed E-state index contributed by atoms with van der Waals surface area (Å²) in [6, 6.07) is 3.19. The number of hydrogen-bond acceptors (Lipinski definition) is 1. The molecule has 0 saturated heterocycles. The van der Waals surface area contributed by atoms with E-state index in [0.29, 0.717) is 12.5 Å². The second kappa shape index (κ2) is 7.87. The summed E-state index contributed by atoms with van der Waals surface area (Å²) < 4.78 is 25.8. The molecule has 1 aromatic rings. The van der Waals surface area contributed by atoms with E-state index in [1.165, 1.54) is 6.07 Å². The van der Waals surface area contributed by atoms with Crippen LogP contribution in [0.1, 0.15) is 49.9 Å². The normalized spacial score (nSPS) is 12.2. The molecule has 0 fully saturated rings. The maximum absolute atomic E-state index is 13.0. The van der Waals surface area contributed by atoms with E-state index in [0.717, 1.165) is 37.8 Å². The van der Waals surface area contributed by atoms with Gasteiger partial charge in [-0.25, -0.2) is 8.78 Å². The van der Waals surface area contributed by atoms with Gasteiger partial charge in [0.25, 0.3) is 5.91 Å². The molecule has 2 nitrogen and oxygen atoms in total. The molecule has 0 aliphatic rings. The lowest BCUT2D eigenvalue weighted by Gasteiger charge is -2.15. The van der Waals surface area contributed by atoms with Crippen LogP contribution in [-0.2, 0) is 0 Å². The summed E-state index contributed by atoms with van der Waals surface area (Å²) in [5.41, 5.74) is 0.157. The molecule has 1 rings (SSSR count). The molecule has 1 aromatic carbocycles. The van der Waals surface area contributed by atoms with Gasteiger partial charge in [-0.1, -0.05) is 33.1 Å². The zero-order valence-corrected chi connectivity index (χ0v) is 11.5. The molecule has 1 unspecified atom stereocenters. The SMILES string of the molecule is CCCCC(CC)CNC(=O)c1ccc(F)c(F)c1. The average Bonchev–Trinajstić information content (AvgIpc) is 2.41. The molecule has 1 atom stereocenters. The van der Waals surface area contributed by atoms with E-state index in [9.17, 15) is 13.6 Å². The predicted molar refractivity (Wildman–Crippen MR) is 72.0 cm³/mol. The predicted octanol–water partition coefficient (Wildman–Crippen LogP) is 3.91. The van der Waals surface area contributed by atoms with Crippen molar-refractivity contribution in [2.45, 2.75) is 39.5 Å². The Labute approximate surface area is 113 Å². The fourth-order valence-electron chi connectivity index (χ4n) is 1.92. The van der Waals surface area contributed by atoms with Gasteiger partial charge in [-0.15, -0.1) is 0 Å². The second-order valence-electron chi connectivity index (χ2n) is 4.76. The monoisotopic (exact) mass is 269 g/mol. The van der Waals surface area contributed by atoms with Gasteiger partial charge in [-0.2, -0.15) is 0 Å². The van der Waals surface area contributed by atoms with Crippen molar-refractivity contribution in [3.05, 3.63) is 35.4 Å². The van der Waals surface area contributed by atoms with Crippen LogP contribution in [0.2, 0.25) is 0 Å². The van der Waals surface area contributed by atoms with Crippen molar-refractivity contribution >= 4 is 5.91 Å². The number of nitrogens with one attached hydrogen (secondary N) is 1. The number of carbonyl (C=O) groups excluding carboxylic acids is 1. The minimum absolute atomic E-state index is 0.157. The van der Waals surface area contributed by atoms with E-state index < -0.39 is 11.6 Å². The maximum atomic E-state index is 13.0. The van der Waals surface area contributed by atoms with Crippen LogP contribution in [0.25, 0.3) is 0 Å².